The predicted octanol–water partition coefficient (Wildman–Crippen LogP) is 6.88. The Morgan fingerprint density at radius 3 is 1.32 bits per heavy atom. The lowest BCUT2D eigenvalue weighted by molar-refractivity contribution is 0.348. The zero-order valence-electron chi connectivity index (χ0n) is 16.5. The molecule has 1 rings (SSSR count). The normalized spacial score (nSPS) is 11.7. The second kappa shape index (κ2) is 9.22. The van der Waals surface area contributed by atoms with Gasteiger partial charge in [0.1, 0.15) is 5.75 Å². The van der Waals surface area contributed by atoms with Crippen LogP contribution in [0.25, 0.3) is 0 Å². The SMILES string of the molecule is CC.CCC(C)(CC)c1cccc(C(C)(CC)CC)c1OC. The van der Waals surface area contributed by atoms with Gasteiger partial charge in [-0.25, -0.2) is 0 Å². The van der Waals surface area contributed by atoms with Crippen molar-refractivity contribution < 1.29 is 4.74 Å². The molecule has 1 aromatic carbocycles. The quantitative estimate of drug-likeness (QED) is 0.533. The predicted molar refractivity (Wildman–Crippen MR) is 100 cm³/mol. The maximum atomic E-state index is 5.88. The summed E-state index contributed by atoms with van der Waals surface area (Å²) in [5, 5.41) is 0. The summed E-state index contributed by atoms with van der Waals surface area (Å²) in [6, 6.07) is 6.71. The summed E-state index contributed by atoms with van der Waals surface area (Å²) >= 11 is 0. The van der Waals surface area contributed by atoms with Crippen LogP contribution in [-0.2, 0) is 10.8 Å². The zero-order chi connectivity index (χ0) is 17.4. The summed E-state index contributed by atoms with van der Waals surface area (Å²) in [6.45, 7) is 17.8. The summed E-state index contributed by atoms with van der Waals surface area (Å²) in [4.78, 5) is 0. The van der Waals surface area contributed by atoms with Crippen LogP contribution in [-0.4, -0.2) is 7.11 Å². The highest BCUT2D eigenvalue weighted by molar-refractivity contribution is 5.49. The zero-order valence-corrected chi connectivity index (χ0v) is 16.5. The lowest BCUT2D eigenvalue weighted by Crippen LogP contribution is -2.25. The van der Waals surface area contributed by atoms with Crippen molar-refractivity contribution in [3.8, 4) is 5.75 Å². The van der Waals surface area contributed by atoms with Crippen LogP contribution in [0.1, 0.15) is 92.2 Å². The first-order chi connectivity index (χ1) is 10.4. The first-order valence-electron chi connectivity index (χ1n) is 9.10. The Balaban J connectivity index is 0.00000211. The van der Waals surface area contributed by atoms with Crippen LogP contribution in [0.3, 0.4) is 0 Å². The minimum atomic E-state index is 0.198. The number of rotatable bonds is 7. The fourth-order valence-electron chi connectivity index (χ4n) is 2.97. The van der Waals surface area contributed by atoms with E-state index in [1.165, 1.54) is 11.1 Å². The van der Waals surface area contributed by atoms with Crippen LogP contribution in [0.5, 0.6) is 5.75 Å². The van der Waals surface area contributed by atoms with Gasteiger partial charge in [0.15, 0.2) is 0 Å². The topological polar surface area (TPSA) is 9.23 Å². The van der Waals surface area contributed by atoms with Crippen LogP contribution < -0.4 is 4.74 Å². The van der Waals surface area contributed by atoms with Crippen molar-refractivity contribution in [2.24, 2.45) is 0 Å². The molecule has 128 valence electrons. The number of ether oxygens (including phenoxy) is 1. The smallest absolute Gasteiger partial charge is 0.126 e. The molecule has 0 radical (unpaired) electrons. The van der Waals surface area contributed by atoms with Gasteiger partial charge in [0.05, 0.1) is 7.11 Å². The van der Waals surface area contributed by atoms with Gasteiger partial charge in [-0.1, -0.05) is 73.6 Å². The summed E-state index contributed by atoms with van der Waals surface area (Å²) in [7, 11) is 1.82. The van der Waals surface area contributed by atoms with Crippen molar-refractivity contribution in [2.75, 3.05) is 7.11 Å². The fourth-order valence-corrected chi connectivity index (χ4v) is 2.97. The molecule has 1 heteroatoms. The molecule has 0 amide bonds. The third kappa shape index (κ3) is 4.06. The molecule has 1 nitrogen and oxygen atoms in total. The molecule has 0 unspecified atom stereocenters. The van der Waals surface area contributed by atoms with Crippen molar-refractivity contribution in [2.45, 2.75) is 91.9 Å². The summed E-state index contributed by atoms with van der Waals surface area (Å²) in [6.07, 6.45) is 4.55. The van der Waals surface area contributed by atoms with E-state index in [9.17, 15) is 0 Å². The fraction of sp³-hybridized carbons (Fsp3) is 0.714. The monoisotopic (exact) mass is 306 g/mol. The highest BCUT2D eigenvalue weighted by Gasteiger charge is 2.32. The first-order valence-corrected chi connectivity index (χ1v) is 9.10. The minimum absolute atomic E-state index is 0.198. The molecule has 0 heterocycles. The van der Waals surface area contributed by atoms with Crippen molar-refractivity contribution in [3.63, 3.8) is 0 Å². The third-order valence-electron chi connectivity index (χ3n) is 5.64. The van der Waals surface area contributed by atoms with Gasteiger partial charge < -0.3 is 4.74 Å². The molecule has 0 spiro atoms. The lowest BCUT2D eigenvalue weighted by Gasteiger charge is -2.34. The molecule has 0 bridgehead atoms. The third-order valence-corrected chi connectivity index (χ3v) is 5.64. The average molecular weight is 307 g/mol. The van der Waals surface area contributed by atoms with Crippen molar-refractivity contribution >= 4 is 0 Å². The highest BCUT2D eigenvalue weighted by atomic mass is 16.5. The highest BCUT2D eigenvalue weighted by Crippen LogP contribution is 2.44. The average Bonchev–Trinajstić information content (AvgIpc) is 2.61. The van der Waals surface area contributed by atoms with Crippen molar-refractivity contribution in [1.82, 2.24) is 0 Å². The minimum Gasteiger partial charge on any atom is -0.496 e. The van der Waals surface area contributed by atoms with E-state index >= 15 is 0 Å². The van der Waals surface area contributed by atoms with Gasteiger partial charge in [-0.2, -0.15) is 0 Å². The van der Waals surface area contributed by atoms with Crippen LogP contribution in [0.15, 0.2) is 18.2 Å². The summed E-state index contributed by atoms with van der Waals surface area (Å²) in [5.74, 6) is 1.12. The maximum absolute atomic E-state index is 5.88. The molecule has 0 saturated carbocycles. The molecular weight excluding hydrogens is 268 g/mol. The number of para-hydroxylation sites is 1. The molecular formula is C21H38O. The Morgan fingerprint density at radius 1 is 0.773 bits per heavy atom. The molecule has 0 N–H and O–H groups in total. The Morgan fingerprint density at radius 2 is 1.09 bits per heavy atom. The molecule has 0 aliphatic rings. The van der Waals surface area contributed by atoms with Gasteiger partial charge in [0, 0.05) is 11.1 Å². The van der Waals surface area contributed by atoms with Crippen LogP contribution in [0.2, 0.25) is 0 Å². The van der Waals surface area contributed by atoms with Crippen molar-refractivity contribution in [3.05, 3.63) is 29.3 Å². The summed E-state index contributed by atoms with van der Waals surface area (Å²) in [5.41, 5.74) is 3.14. The van der Waals surface area contributed by atoms with E-state index in [0.717, 1.165) is 31.4 Å². The number of benzene rings is 1. The lowest BCUT2D eigenvalue weighted by atomic mass is 9.72. The molecule has 0 atom stereocenters. The molecule has 0 saturated heterocycles. The van der Waals surface area contributed by atoms with Gasteiger partial charge in [-0.15, -0.1) is 0 Å². The van der Waals surface area contributed by atoms with Crippen LogP contribution >= 0.6 is 0 Å². The van der Waals surface area contributed by atoms with Gasteiger partial charge >= 0.3 is 0 Å². The largest absolute Gasteiger partial charge is 0.496 e. The van der Waals surface area contributed by atoms with Crippen LogP contribution in [0, 0.1) is 0 Å². The second-order valence-electron chi connectivity index (χ2n) is 6.42. The second-order valence-corrected chi connectivity index (χ2v) is 6.42. The van der Waals surface area contributed by atoms with Crippen molar-refractivity contribution in [1.29, 1.82) is 0 Å². The number of methoxy groups -OCH3 is 1. The van der Waals surface area contributed by atoms with Gasteiger partial charge in [0.2, 0.25) is 0 Å². The number of hydrogen-bond donors (Lipinski definition) is 0. The molecule has 1 aromatic rings. The molecule has 0 aliphatic heterocycles. The number of hydrogen-bond acceptors (Lipinski definition) is 1. The molecule has 22 heavy (non-hydrogen) atoms. The Hall–Kier alpha value is -0.980. The van der Waals surface area contributed by atoms with E-state index in [-0.39, 0.29) is 10.8 Å². The molecule has 0 aliphatic carbocycles. The Labute approximate surface area is 139 Å². The maximum Gasteiger partial charge on any atom is 0.126 e. The van der Waals surface area contributed by atoms with E-state index in [1.54, 1.807) is 0 Å². The standard InChI is InChI=1S/C19H32O.C2H6/c1-8-18(5,9-2)15-13-12-14-16(17(15)20-7)19(6,10-3)11-4;1-2/h12-14H,8-11H2,1-7H3;1-2H3. The molecule has 0 aromatic heterocycles. The van der Waals surface area contributed by atoms with Gasteiger partial charge in [-0.05, 0) is 36.5 Å². The van der Waals surface area contributed by atoms with E-state index in [4.69, 9.17) is 4.74 Å². The van der Waals surface area contributed by atoms with Gasteiger partial charge in [-0.3, -0.25) is 0 Å². The van der Waals surface area contributed by atoms with Crippen LogP contribution in [0.4, 0.5) is 0 Å². The molecule has 0 fully saturated rings. The summed E-state index contributed by atoms with van der Waals surface area (Å²) < 4.78 is 5.88. The van der Waals surface area contributed by atoms with E-state index < -0.39 is 0 Å². The van der Waals surface area contributed by atoms with Gasteiger partial charge in [0.25, 0.3) is 0 Å². The van der Waals surface area contributed by atoms with E-state index in [0.29, 0.717) is 0 Å². The van der Waals surface area contributed by atoms with E-state index in [1.807, 2.05) is 21.0 Å². The van der Waals surface area contributed by atoms with E-state index in [2.05, 4.69) is 59.7 Å². The Kier molecular flexibility index (Phi) is 8.81. The Bertz CT molecular complexity index is 389. The first kappa shape index (κ1) is 21.0.